The monoisotopic (exact) mass is 432 g/mol. The molecule has 2 amide bonds. The third kappa shape index (κ3) is 3.59. The summed E-state index contributed by atoms with van der Waals surface area (Å²) in [6.07, 6.45) is 1.73. The van der Waals surface area contributed by atoms with Gasteiger partial charge in [0.2, 0.25) is 0 Å². The lowest BCUT2D eigenvalue weighted by Gasteiger charge is -2.12. The van der Waals surface area contributed by atoms with Crippen LogP contribution >= 0.6 is 15.9 Å². The Morgan fingerprint density at radius 1 is 1.07 bits per heavy atom. The second-order valence-corrected chi connectivity index (χ2v) is 6.37. The Morgan fingerprint density at radius 3 is 2.33 bits per heavy atom. The first kappa shape index (κ1) is 18.7. The first-order valence-corrected chi connectivity index (χ1v) is 8.71. The van der Waals surface area contributed by atoms with Gasteiger partial charge in [-0.15, -0.1) is 0 Å². The minimum Gasteiger partial charge on any atom is -0.495 e. The highest BCUT2D eigenvalue weighted by atomic mass is 79.9. The van der Waals surface area contributed by atoms with Crippen molar-refractivity contribution < 1.29 is 19.1 Å². The van der Waals surface area contributed by atoms with Crippen LogP contribution in [0.1, 0.15) is 26.5 Å². The predicted octanol–water partition coefficient (Wildman–Crippen LogP) is 2.50. The van der Waals surface area contributed by atoms with Crippen LogP contribution in [0.3, 0.4) is 0 Å². The van der Waals surface area contributed by atoms with E-state index < -0.39 is 11.8 Å². The molecule has 2 heterocycles. The maximum atomic E-state index is 12.5. The molecule has 0 aliphatic rings. The predicted molar refractivity (Wildman–Crippen MR) is 102 cm³/mol. The van der Waals surface area contributed by atoms with E-state index in [9.17, 15) is 9.59 Å². The molecule has 0 atom stereocenters. The van der Waals surface area contributed by atoms with Gasteiger partial charge in [0.25, 0.3) is 11.8 Å². The number of hydrogen-bond acceptors (Lipinski definition) is 5. The summed E-state index contributed by atoms with van der Waals surface area (Å²) < 4.78 is 12.7. The van der Waals surface area contributed by atoms with E-state index in [4.69, 9.17) is 9.47 Å². The first-order chi connectivity index (χ1) is 13.0. The molecule has 140 valence electrons. The van der Waals surface area contributed by atoms with Crippen molar-refractivity contribution in [3.05, 3.63) is 58.0 Å². The second kappa shape index (κ2) is 7.67. The molecule has 2 aromatic heterocycles. The molecular weight excluding hydrogens is 416 g/mol. The standard InChI is InChI=1S/C18H17BrN4O4/c1-10-16(23-7-5-4-6-14(23)20-10)18(25)22-21-17(24)11-8-12(26-2)15(19)13(9-11)27-3/h4-9H,1-3H3,(H,21,24)(H,22,25). The highest BCUT2D eigenvalue weighted by Gasteiger charge is 2.18. The van der Waals surface area contributed by atoms with Crippen molar-refractivity contribution in [2.24, 2.45) is 0 Å². The number of aromatic nitrogens is 2. The van der Waals surface area contributed by atoms with Crippen molar-refractivity contribution in [2.45, 2.75) is 6.92 Å². The lowest BCUT2D eigenvalue weighted by Crippen LogP contribution is -2.42. The highest BCUT2D eigenvalue weighted by molar-refractivity contribution is 9.10. The maximum Gasteiger partial charge on any atom is 0.288 e. The van der Waals surface area contributed by atoms with Crippen molar-refractivity contribution in [3.63, 3.8) is 0 Å². The van der Waals surface area contributed by atoms with Gasteiger partial charge in [0.1, 0.15) is 27.3 Å². The number of hydrazine groups is 1. The number of carbonyl (C=O) groups is 2. The van der Waals surface area contributed by atoms with E-state index >= 15 is 0 Å². The number of amides is 2. The van der Waals surface area contributed by atoms with Crippen molar-refractivity contribution in [1.82, 2.24) is 20.2 Å². The van der Waals surface area contributed by atoms with Gasteiger partial charge >= 0.3 is 0 Å². The SMILES string of the molecule is COc1cc(C(=O)NNC(=O)c2c(C)nc3ccccn23)cc(OC)c1Br. The summed E-state index contributed by atoms with van der Waals surface area (Å²) >= 11 is 3.34. The number of nitrogens with one attached hydrogen (secondary N) is 2. The molecule has 27 heavy (non-hydrogen) atoms. The van der Waals surface area contributed by atoms with Gasteiger partial charge in [0.15, 0.2) is 0 Å². The van der Waals surface area contributed by atoms with Gasteiger partial charge in [-0.25, -0.2) is 4.98 Å². The van der Waals surface area contributed by atoms with E-state index in [-0.39, 0.29) is 5.56 Å². The third-order valence-corrected chi connectivity index (χ3v) is 4.70. The summed E-state index contributed by atoms with van der Waals surface area (Å²) in [7, 11) is 2.97. The molecule has 3 aromatic rings. The number of ether oxygens (including phenoxy) is 2. The summed E-state index contributed by atoms with van der Waals surface area (Å²) in [4.78, 5) is 29.3. The lowest BCUT2D eigenvalue weighted by molar-refractivity contribution is 0.0842. The number of aryl methyl sites for hydroxylation is 1. The Balaban J connectivity index is 1.79. The van der Waals surface area contributed by atoms with Crippen LogP contribution in [0.5, 0.6) is 11.5 Å². The molecule has 0 saturated heterocycles. The number of pyridine rings is 1. The molecule has 0 unspecified atom stereocenters. The van der Waals surface area contributed by atoms with E-state index in [1.807, 2.05) is 6.07 Å². The van der Waals surface area contributed by atoms with Gasteiger partial charge in [-0.05, 0) is 47.1 Å². The topological polar surface area (TPSA) is 94.0 Å². The average Bonchev–Trinajstić information content (AvgIpc) is 3.01. The molecule has 0 spiro atoms. The van der Waals surface area contributed by atoms with Gasteiger partial charge in [-0.2, -0.15) is 0 Å². The number of hydrogen-bond donors (Lipinski definition) is 2. The molecule has 0 fully saturated rings. The number of fused-ring (bicyclic) bond motifs is 1. The van der Waals surface area contributed by atoms with Crippen molar-refractivity contribution in [2.75, 3.05) is 14.2 Å². The average molecular weight is 433 g/mol. The number of nitrogens with zero attached hydrogens (tertiary/aromatic N) is 2. The Kier molecular flexibility index (Phi) is 5.31. The van der Waals surface area contributed by atoms with Gasteiger partial charge < -0.3 is 9.47 Å². The molecule has 3 rings (SSSR count). The fraction of sp³-hybridized carbons (Fsp3) is 0.167. The molecule has 9 heteroatoms. The van der Waals surface area contributed by atoms with Crippen molar-refractivity contribution >= 4 is 33.4 Å². The molecule has 1 aromatic carbocycles. The second-order valence-electron chi connectivity index (χ2n) is 5.58. The highest BCUT2D eigenvalue weighted by Crippen LogP contribution is 2.35. The summed E-state index contributed by atoms with van der Waals surface area (Å²) in [6, 6.07) is 8.49. The van der Waals surface area contributed by atoms with E-state index in [1.54, 1.807) is 29.7 Å². The van der Waals surface area contributed by atoms with E-state index in [2.05, 4.69) is 31.8 Å². The minimum atomic E-state index is -0.515. The van der Waals surface area contributed by atoms with Crippen LogP contribution in [0.4, 0.5) is 0 Å². The smallest absolute Gasteiger partial charge is 0.288 e. The van der Waals surface area contributed by atoms with Crippen LogP contribution < -0.4 is 20.3 Å². The Hall–Kier alpha value is -3.07. The summed E-state index contributed by atoms with van der Waals surface area (Å²) in [5.41, 5.74) is 6.62. The van der Waals surface area contributed by atoms with E-state index in [1.165, 1.54) is 26.4 Å². The number of imidazole rings is 1. The molecule has 0 aliphatic carbocycles. The Morgan fingerprint density at radius 2 is 1.70 bits per heavy atom. The quantitative estimate of drug-likeness (QED) is 0.617. The van der Waals surface area contributed by atoms with E-state index in [0.29, 0.717) is 33.0 Å². The van der Waals surface area contributed by atoms with Gasteiger partial charge in [0, 0.05) is 11.8 Å². The number of methoxy groups -OCH3 is 2. The summed E-state index contributed by atoms with van der Waals surface area (Å²) in [5.74, 6) is -0.124. The fourth-order valence-corrected chi connectivity index (χ4v) is 3.19. The molecule has 2 N–H and O–H groups in total. The Labute approximate surface area is 163 Å². The number of rotatable bonds is 4. The normalized spacial score (nSPS) is 10.5. The van der Waals surface area contributed by atoms with Crippen LogP contribution in [-0.4, -0.2) is 35.4 Å². The molecule has 0 radical (unpaired) electrons. The number of halogens is 1. The first-order valence-electron chi connectivity index (χ1n) is 7.92. The largest absolute Gasteiger partial charge is 0.495 e. The molecule has 0 bridgehead atoms. The van der Waals surface area contributed by atoms with Gasteiger partial charge in [-0.1, -0.05) is 6.07 Å². The summed E-state index contributed by atoms with van der Waals surface area (Å²) in [6.45, 7) is 1.73. The van der Waals surface area contributed by atoms with Crippen molar-refractivity contribution in [3.8, 4) is 11.5 Å². The van der Waals surface area contributed by atoms with E-state index in [0.717, 1.165) is 0 Å². The number of carbonyl (C=O) groups excluding carboxylic acids is 2. The summed E-state index contributed by atoms with van der Waals surface area (Å²) in [5, 5.41) is 0. The van der Waals surface area contributed by atoms with Crippen LogP contribution in [-0.2, 0) is 0 Å². The Bertz CT molecular complexity index is 1010. The molecular formula is C18H17BrN4O4. The van der Waals surface area contributed by atoms with Gasteiger partial charge in [0.05, 0.1) is 19.9 Å². The number of benzene rings is 1. The van der Waals surface area contributed by atoms with Crippen LogP contribution in [0.15, 0.2) is 41.0 Å². The minimum absolute atomic E-state index is 0.266. The molecule has 0 aliphatic heterocycles. The maximum absolute atomic E-state index is 12.5. The third-order valence-electron chi connectivity index (χ3n) is 3.92. The van der Waals surface area contributed by atoms with Crippen LogP contribution in [0.25, 0.3) is 5.65 Å². The van der Waals surface area contributed by atoms with Crippen molar-refractivity contribution in [1.29, 1.82) is 0 Å². The lowest BCUT2D eigenvalue weighted by atomic mass is 10.2. The molecule has 0 saturated carbocycles. The zero-order valence-corrected chi connectivity index (χ0v) is 16.5. The fourth-order valence-electron chi connectivity index (χ4n) is 2.63. The van der Waals surface area contributed by atoms with Crippen LogP contribution in [0.2, 0.25) is 0 Å². The zero-order chi connectivity index (χ0) is 19.6. The van der Waals surface area contributed by atoms with Crippen LogP contribution in [0, 0.1) is 6.92 Å². The molecule has 8 nitrogen and oxygen atoms in total. The zero-order valence-electron chi connectivity index (χ0n) is 14.9. The van der Waals surface area contributed by atoms with Gasteiger partial charge in [-0.3, -0.25) is 24.8 Å².